The van der Waals surface area contributed by atoms with E-state index in [0.29, 0.717) is 24.5 Å². The highest BCUT2D eigenvalue weighted by Gasteiger charge is 2.40. The van der Waals surface area contributed by atoms with Crippen LogP contribution in [0.5, 0.6) is 0 Å². The summed E-state index contributed by atoms with van der Waals surface area (Å²) in [4.78, 5) is 19.9. The smallest absolute Gasteiger partial charge is 0.242 e. The Bertz CT molecular complexity index is 529. The van der Waals surface area contributed by atoms with Crippen molar-refractivity contribution in [2.24, 2.45) is 5.92 Å². The van der Waals surface area contributed by atoms with Crippen LogP contribution >= 0.6 is 0 Å². The summed E-state index contributed by atoms with van der Waals surface area (Å²) in [6.07, 6.45) is 8.81. The maximum Gasteiger partial charge on any atom is 0.242 e. The summed E-state index contributed by atoms with van der Waals surface area (Å²) in [6.45, 7) is 4.95. The number of hydrogen-bond acceptors (Lipinski definition) is 4. The molecule has 0 bridgehead atoms. The predicted octanol–water partition coefficient (Wildman–Crippen LogP) is 2.63. The Kier molecular flexibility index (Phi) is 5.85. The van der Waals surface area contributed by atoms with Gasteiger partial charge in [0.05, 0.1) is 12.2 Å². The number of rotatable bonds is 5. The van der Waals surface area contributed by atoms with Crippen LogP contribution in [0.1, 0.15) is 58.1 Å². The van der Waals surface area contributed by atoms with E-state index in [9.17, 15) is 4.79 Å². The second kappa shape index (κ2) is 8.08. The molecule has 24 heavy (non-hydrogen) atoms. The first kappa shape index (κ1) is 17.4. The number of amides is 1. The van der Waals surface area contributed by atoms with E-state index in [1.807, 2.05) is 24.4 Å². The van der Waals surface area contributed by atoms with Crippen LogP contribution in [0.4, 0.5) is 0 Å². The van der Waals surface area contributed by atoms with Gasteiger partial charge in [-0.2, -0.15) is 0 Å². The zero-order valence-electron chi connectivity index (χ0n) is 14.9. The lowest BCUT2D eigenvalue weighted by Gasteiger charge is -2.36. The number of pyridine rings is 1. The van der Waals surface area contributed by atoms with Crippen LogP contribution in [0.25, 0.3) is 0 Å². The van der Waals surface area contributed by atoms with Gasteiger partial charge < -0.3 is 4.90 Å². The SMILES string of the molecule is CCC1NNC(C(=O)N(Cc2ccccn2)C2CCCCC2)C1C. The van der Waals surface area contributed by atoms with E-state index in [-0.39, 0.29) is 11.9 Å². The van der Waals surface area contributed by atoms with Crippen molar-refractivity contribution in [3.63, 3.8) is 0 Å². The third kappa shape index (κ3) is 3.78. The lowest BCUT2D eigenvalue weighted by molar-refractivity contribution is -0.138. The molecule has 132 valence electrons. The summed E-state index contributed by atoms with van der Waals surface area (Å²) in [5, 5.41) is 0. The number of aromatic nitrogens is 1. The van der Waals surface area contributed by atoms with Crippen LogP contribution in [-0.4, -0.2) is 33.9 Å². The Balaban J connectivity index is 1.77. The quantitative estimate of drug-likeness (QED) is 0.871. The minimum atomic E-state index is -0.138. The minimum absolute atomic E-state index is 0.138. The Labute approximate surface area is 145 Å². The molecule has 5 heteroatoms. The normalized spacial score (nSPS) is 28.0. The molecule has 1 aromatic heterocycles. The number of hydrogen-bond donors (Lipinski definition) is 2. The molecule has 1 aromatic rings. The lowest BCUT2D eigenvalue weighted by atomic mass is 9.90. The van der Waals surface area contributed by atoms with E-state index in [1.165, 1.54) is 19.3 Å². The molecule has 0 radical (unpaired) electrons. The standard InChI is InChI=1S/C19H30N4O/c1-3-17-14(2)18(22-21-17)19(24)23(16-10-5-4-6-11-16)13-15-9-7-8-12-20-15/h7-9,12,14,16-18,21-22H,3-6,10-11,13H2,1-2H3. The Morgan fingerprint density at radius 2 is 2.04 bits per heavy atom. The molecule has 0 spiro atoms. The fourth-order valence-electron chi connectivity index (χ4n) is 4.08. The van der Waals surface area contributed by atoms with Crippen molar-refractivity contribution in [1.29, 1.82) is 0 Å². The first-order valence-electron chi connectivity index (χ1n) is 9.42. The van der Waals surface area contributed by atoms with Crippen LogP contribution in [-0.2, 0) is 11.3 Å². The molecule has 2 fully saturated rings. The third-order valence-corrected chi connectivity index (χ3v) is 5.65. The van der Waals surface area contributed by atoms with Gasteiger partial charge in [-0.3, -0.25) is 15.2 Å². The monoisotopic (exact) mass is 330 g/mol. The van der Waals surface area contributed by atoms with Crippen molar-refractivity contribution >= 4 is 5.91 Å². The molecule has 1 saturated heterocycles. The summed E-state index contributed by atoms with van der Waals surface area (Å²) in [5.74, 6) is 0.529. The molecule has 1 saturated carbocycles. The molecule has 2 heterocycles. The van der Waals surface area contributed by atoms with Gasteiger partial charge in [-0.1, -0.05) is 39.2 Å². The van der Waals surface area contributed by atoms with E-state index in [2.05, 4.69) is 34.6 Å². The average Bonchev–Trinajstić information content (AvgIpc) is 3.01. The average molecular weight is 330 g/mol. The fourth-order valence-corrected chi connectivity index (χ4v) is 4.08. The van der Waals surface area contributed by atoms with Crippen molar-refractivity contribution in [3.05, 3.63) is 30.1 Å². The molecule has 0 aromatic carbocycles. The van der Waals surface area contributed by atoms with Crippen molar-refractivity contribution < 1.29 is 4.79 Å². The highest BCUT2D eigenvalue weighted by Crippen LogP contribution is 2.27. The van der Waals surface area contributed by atoms with Crippen molar-refractivity contribution in [1.82, 2.24) is 20.7 Å². The number of hydrazine groups is 1. The molecule has 1 aliphatic carbocycles. The molecule has 2 aliphatic rings. The number of carbonyl (C=O) groups excluding carboxylic acids is 1. The van der Waals surface area contributed by atoms with E-state index < -0.39 is 0 Å². The van der Waals surface area contributed by atoms with Gasteiger partial charge in [0, 0.05) is 18.3 Å². The van der Waals surface area contributed by atoms with Gasteiger partial charge in [-0.15, -0.1) is 0 Å². The van der Waals surface area contributed by atoms with Crippen LogP contribution in [0.15, 0.2) is 24.4 Å². The third-order valence-electron chi connectivity index (χ3n) is 5.65. The topological polar surface area (TPSA) is 57.3 Å². The Hall–Kier alpha value is -1.46. The van der Waals surface area contributed by atoms with Gasteiger partial charge in [0.1, 0.15) is 6.04 Å². The van der Waals surface area contributed by atoms with Gasteiger partial charge in [-0.05, 0) is 37.3 Å². The summed E-state index contributed by atoms with van der Waals surface area (Å²) in [5.41, 5.74) is 7.52. The van der Waals surface area contributed by atoms with E-state index in [0.717, 1.165) is 25.0 Å². The minimum Gasteiger partial charge on any atom is -0.332 e. The highest BCUT2D eigenvalue weighted by atomic mass is 16.2. The molecule has 3 unspecified atom stereocenters. The van der Waals surface area contributed by atoms with E-state index >= 15 is 0 Å². The van der Waals surface area contributed by atoms with Gasteiger partial charge in [-0.25, -0.2) is 5.43 Å². The van der Waals surface area contributed by atoms with Gasteiger partial charge in [0.2, 0.25) is 5.91 Å². The highest BCUT2D eigenvalue weighted by molar-refractivity contribution is 5.83. The number of nitrogens with zero attached hydrogens (tertiary/aromatic N) is 2. The molecule has 2 N–H and O–H groups in total. The molecule has 3 atom stereocenters. The van der Waals surface area contributed by atoms with Gasteiger partial charge >= 0.3 is 0 Å². The summed E-state index contributed by atoms with van der Waals surface area (Å²) in [6, 6.07) is 6.51. The molecular weight excluding hydrogens is 300 g/mol. The van der Waals surface area contributed by atoms with E-state index in [4.69, 9.17) is 0 Å². The summed E-state index contributed by atoms with van der Waals surface area (Å²) in [7, 11) is 0. The maximum absolute atomic E-state index is 13.3. The van der Waals surface area contributed by atoms with Gasteiger partial charge in [0.25, 0.3) is 0 Å². The molecule has 5 nitrogen and oxygen atoms in total. The lowest BCUT2D eigenvalue weighted by Crippen LogP contribution is -2.51. The summed E-state index contributed by atoms with van der Waals surface area (Å²) < 4.78 is 0. The van der Waals surface area contributed by atoms with Gasteiger partial charge in [0.15, 0.2) is 0 Å². The van der Waals surface area contributed by atoms with Crippen LogP contribution in [0, 0.1) is 5.92 Å². The Morgan fingerprint density at radius 3 is 2.67 bits per heavy atom. The van der Waals surface area contributed by atoms with Crippen LogP contribution < -0.4 is 10.9 Å². The number of nitrogens with one attached hydrogen (secondary N) is 2. The maximum atomic E-state index is 13.3. The predicted molar refractivity (Wildman–Crippen MR) is 95.0 cm³/mol. The Morgan fingerprint density at radius 1 is 1.25 bits per heavy atom. The zero-order chi connectivity index (χ0) is 16.9. The molecule has 1 amide bonds. The first-order chi connectivity index (χ1) is 11.7. The first-order valence-corrected chi connectivity index (χ1v) is 9.42. The second-order valence-electron chi connectivity index (χ2n) is 7.22. The number of carbonyl (C=O) groups is 1. The summed E-state index contributed by atoms with van der Waals surface area (Å²) >= 11 is 0. The van der Waals surface area contributed by atoms with Crippen molar-refractivity contribution in [2.75, 3.05) is 0 Å². The van der Waals surface area contributed by atoms with Crippen LogP contribution in [0.2, 0.25) is 0 Å². The van der Waals surface area contributed by atoms with Crippen LogP contribution in [0.3, 0.4) is 0 Å². The molecule has 3 rings (SSSR count). The largest absolute Gasteiger partial charge is 0.332 e. The van der Waals surface area contributed by atoms with Crippen molar-refractivity contribution in [2.45, 2.75) is 77.0 Å². The van der Waals surface area contributed by atoms with Crippen molar-refractivity contribution in [3.8, 4) is 0 Å². The molecular formula is C19H30N4O. The molecule has 1 aliphatic heterocycles. The fraction of sp³-hybridized carbons (Fsp3) is 0.684. The second-order valence-corrected chi connectivity index (χ2v) is 7.22. The zero-order valence-corrected chi connectivity index (χ0v) is 14.9. The van der Waals surface area contributed by atoms with E-state index in [1.54, 1.807) is 0 Å².